The molecule has 0 saturated carbocycles. The van der Waals surface area contributed by atoms with Crippen LogP contribution in [-0.2, 0) is 9.59 Å². The number of amides is 2. The van der Waals surface area contributed by atoms with E-state index in [1.54, 1.807) is 0 Å². The number of rotatable bonds is 5. The molecule has 14 heavy (non-hydrogen) atoms. The fraction of sp³-hybridized carbons (Fsp3) is 0.500. The molecule has 0 aliphatic carbocycles. The molecule has 2 amide bonds. The van der Waals surface area contributed by atoms with Gasteiger partial charge in [-0.05, 0) is 6.42 Å². The van der Waals surface area contributed by atoms with Crippen molar-refractivity contribution < 1.29 is 24.6 Å². The average molecular weight is 214 g/mol. The maximum absolute atomic E-state index is 10.4. The molecule has 0 spiro atoms. The van der Waals surface area contributed by atoms with Crippen LogP contribution in [0.25, 0.3) is 0 Å². The van der Waals surface area contributed by atoms with Crippen LogP contribution in [0.4, 0.5) is 4.79 Å². The molecule has 0 radical (unpaired) electrons. The van der Waals surface area contributed by atoms with Gasteiger partial charge in [-0.3, -0.25) is 4.79 Å². The Morgan fingerprint density at radius 2 is 1.79 bits per heavy atom. The van der Waals surface area contributed by atoms with E-state index < -0.39 is 24.0 Å². The first-order chi connectivity index (χ1) is 5.93. The summed E-state index contributed by atoms with van der Waals surface area (Å²) >= 11 is 0. The van der Waals surface area contributed by atoms with Crippen LogP contribution >= 0.6 is 0 Å². The van der Waals surface area contributed by atoms with Crippen molar-refractivity contribution in [1.82, 2.24) is 5.32 Å². The molecule has 0 aromatic heterocycles. The summed E-state index contributed by atoms with van der Waals surface area (Å²) in [4.78, 5) is 30.7. The number of carboxylic acids is 2. The molecule has 0 aromatic rings. The number of urea groups is 1. The number of carboxylic acid groups (broad SMARTS) is 2. The fourth-order valence-corrected chi connectivity index (χ4v) is 0.697. The Labute approximate surface area is 102 Å². The normalized spacial score (nSPS) is 10.9. The minimum absolute atomic E-state index is 0. The Hall–Kier alpha value is -0.790. The van der Waals surface area contributed by atoms with Crippen LogP contribution in [0.1, 0.15) is 12.8 Å². The van der Waals surface area contributed by atoms with Gasteiger partial charge in [0.1, 0.15) is 6.04 Å². The summed E-state index contributed by atoms with van der Waals surface area (Å²) in [5, 5.41) is 18.6. The van der Waals surface area contributed by atoms with Crippen molar-refractivity contribution in [2.75, 3.05) is 0 Å². The summed E-state index contributed by atoms with van der Waals surface area (Å²) in [6.07, 6.45) is -0.523. The predicted molar refractivity (Wildman–Crippen MR) is 48.2 cm³/mol. The maximum atomic E-state index is 10.4. The quantitative estimate of drug-likeness (QED) is 0.406. The Morgan fingerprint density at radius 1 is 1.29 bits per heavy atom. The van der Waals surface area contributed by atoms with Crippen molar-refractivity contribution in [2.24, 2.45) is 5.73 Å². The predicted octanol–water partition coefficient (Wildman–Crippen LogP) is -1.68. The molecule has 0 aliphatic heterocycles. The van der Waals surface area contributed by atoms with Gasteiger partial charge in [0, 0.05) is 6.42 Å². The van der Waals surface area contributed by atoms with E-state index in [4.69, 9.17) is 10.2 Å². The van der Waals surface area contributed by atoms with Crippen molar-refractivity contribution in [2.45, 2.75) is 18.9 Å². The zero-order chi connectivity index (χ0) is 10.4. The SMILES string of the molecule is NC(=O)NC(CCC(=O)O)C(=O)O.[NaH]. The first-order valence-corrected chi connectivity index (χ1v) is 3.44. The van der Waals surface area contributed by atoms with Gasteiger partial charge in [-0.25, -0.2) is 9.59 Å². The minimum atomic E-state index is -1.31. The summed E-state index contributed by atoms with van der Waals surface area (Å²) in [6.45, 7) is 0. The van der Waals surface area contributed by atoms with Crippen LogP contribution in [0.15, 0.2) is 0 Å². The molecule has 8 heteroatoms. The molecular weight excluding hydrogens is 203 g/mol. The van der Waals surface area contributed by atoms with Crippen molar-refractivity contribution in [1.29, 1.82) is 0 Å². The van der Waals surface area contributed by atoms with E-state index >= 15 is 0 Å². The van der Waals surface area contributed by atoms with Crippen molar-refractivity contribution in [3.05, 3.63) is 0 Å². The number of nitrogens with one attached hydrogen (secondary N) is 1. The Kier molecular flexibility index (Phi) is 8.51. The molecule has 0 rings (SSSR count). The molecule has 7 nitrogen and oxygen atoms in total. The first kappa shape index (κ1) is 15.7. The zero-order valence-electron chi connectivity index (χ0n) is 6.69. The molecule has 0 aromatic carbocycles. The van der Waals surface area contributed by atoms with Gasteiger partial charge < -0.3 is 21.3 Å². The van der Waals surface area contributed by atoms with Gasteiger partial charge in [0.15, 0.2) is 0 Å². The number of hydrogen-bond acceptors (Lipinski definition) is 3. The topological polar surface area (TPSA) is 130 Å². The number of nitrogens with two attached hydrogens (primary N) is 1. The van der Waals surface area contributed by atoms with Crippen LogP contribution in [-0.4, -0.2) is 63.8 Å². The number of carbonyl (C=O) groups excluding carboxylic acids is 1. The van der Waals surface area contributed by atoms with E-state index in [1.165, 1.54) is 0 Å². The average Bonchev–Trinajstić information content (AvgIpc) is 1.96. The van der Waals surface area contributed by atoms with E-state index in [1.807, 2.05) is 5.32 Å². The Balaban J connectivity index is 0. The summed E-state index contributed by atoms with van der Waals surface area (Å²) < 4.78 is 0. The molecule has 5 N–H and O–H groups in total. The number of aliphatic carboxylic acids is 2. The molecule has 1 atom stereocenters. The summed E-state index contributed by atoms with van der Waals surface area (Å²) in [5.74, 6) is -2.43. The molecule has 0 aliphatic rings. The van der Waals surface area contributed by atoms with E-state index in [0.29, 0.717) is 0 Å². The van der Waals surface area contributed by atoms with E-state index in [2.05, 4.69) is 5.73 Å². The third kappa shape index (κ3) is 7.84. The van der Waals surface area contributed by atoms with Crippen LogP contribution in [0, 0.1) is 0 Å². The monoisotopic (exact) mass is 214 g/mol. The van der Waals surface area contributed by atoms with Crippen molar-refractivity contribution in [3.63, 3.8) is 0 Å². The van der Waals surface area contributed by atoms with Crippen molar-refractivity contribution >= 4 is 47.5 Å². The van der Waals surface area contributed by atoms with Gasteiger partial charge in [0.25, 0.3) is 0 Å². The second-order valence-corrected chi connectivity index (χ2v) is 2.33. The molecule has 1 unspecified atom stereocenters. The fourth-order valence-electron chi connectivity index (χ4n) is 0.697. The van der Waals surface area contributed by atoms with E-state index in [-0.39, 0.29) is 42.4 Å². The molecule has 0 fully saturated rings. The van der Waals surface area contributed by atoms with Gasteiger partial charge in [0.05, 0.1) is 0 Å². The van der Waals surface area contributed by atoms with E-state index in [9.17, 15) is 14.4 Å². The standard InChI is InChI=1S/C6H10N2O5.Na.H/c7-6(13)8-3(5(11)12)1-2-4(9)10;;/h3H,1-2H2,(H,9,10)(H,11,12)(H3,7,8,13);;. The third-order valence-corrected chi connectivity index (χ3v) is 1.26. The molecule has 0 heterocycles. The number of carbonyl (C=O) groups is 3. The first-order valence-electron chi connectivity index (χ1n) is 3.44. The van der Waals surface area contributed by atoms with Crippen LogP contribution < -0.4 is 11.1 Å². The zero-order valence-corrected chi connectivity index (χ0v) is 6.69. The van der Waals surface area contributed by atoms with Crippen LogP contribution in [0.3, 0.4) is 0 Å². The van der Waals surface area contributed by atoms with Crippen LogP contribution in [0.2, 0.25) is 0 Å². The summed E-state index contributed by atoms with van der Waals surface area (Å²) in [5.41, 5.74) is 4.68. The van der Waals surface area contributed by atoms with Gasteiger partial charge in [-0.1, -0.05) is 0 Å². The van der Waals surface area contributed by atoms with Crippen molar-refractivity contribution in [3.8, 4) is 0 Å². The van der Waals surface area contributed by atoms with Gasteiger partial charge in [-0.15, -0.1) is 0 Å². The van der Waals surface area contributed by atoms with E-state index in [0.717, 1.165) is 0 Å². The Morgan fingerprint density at radius 3 is 2.07 bits per heavy atom. The summed E-state index contributed by atoms with van der Waals surface area (Å²) in [6, 6.07) is -2.23. The molecular formula is C6H11N2NaO5. The summed E-state index contributed by atoms with van der Waals surface area (Å²) in [7, 11) is 0. The van der Waals surface area contributed by atoms with Crippen LogP contribution in [0.5, 0.6) is 0 Å². The molecule has 0 bridgehead atoms. The second-order valence-electron chi connectivity index (χ2n) is 2.33. The molecule has 0 saturated heterocycles. The number of primary amides is 1. The second kappa shape index (κ2) is 7.60. The Bertz CT molecular complexity index is 232. The third-order valence-electron chi connectivity index (χ3n) is 1.26. The van der Waals surface area contributed by atoms with Gasteiger partial charge >= 0.3 is 47.5 Å². The van der Waals surface area contributed by atoms with Gasteiger partial charge in [-0.2, -0.15) is 0 Å². The molecule has 76 valence electrons. The number of hydrogen-bond donors (Lipinski definition) is 4. The van der Waals surface area contributed by atoms with Gasteiger partial charge in [0.2, 0.25) is 0 Å².